The standard InChI is InChI=1S/C4H9N3O4/c5-3(4(8)9)1-2-7(11)6-10/h3,10H,1-2,5H2,(H,8,9)/t3-/m1/s1. The van der Waals surface area contributed by atoms with E-state index in [0.717, 1.165) is 0 Å². The van der Waals surface area contributed by atoms with E-state index in [0.29, 0.717) is 0 Å². The third kappa shape index (κ3) is 4.09. The lowest BCUT2D eigenvalue weighted by Gasteiger charge is -2.02. The van der Waals surface area contributed by atoms with Gasteiger partial charge in [0.15, 0.2) is 11.8 Å². The highest BCUT2D eigenvalue weighted by molar-refractivity contribution is 5.72. The van der Waals surface area contributed by atoms with Gasteiger partial charge in [0.05, 0.1) is 0 Å². The second-order valence-electron chi connectivity index (χ2n) is 1.90. The number of hydrogen-bond donors (Lipinski definition) is 3. The molecule has 0 aliphatic rings. The molecule has 0 spiro atoms. The van der Waals surface area contributed by atoms with Crippen molar-refractivity contribution in [2.45, 2.75) is 12.5 Å². The predicted molar refractivity (Wildman–Crippen MR) is 32.9 cm³/mol. The number of aliphatic carboxylic acids is 1. The van der Waals surface area contributed by atoms with Gasteiger partial charge in [-0.25, -0.2) is 0 Å². The highest BCUT2D eigenvalue weighted by atomic mass is 16.6. The summed E-state index contributed by atoms with van der Waals surface area (Å²) in [6.07, 6.45) is -0.0527. The van der Waals surface area contributed by atoms with Crippen LogP contribution in [0.1, 0.15) is 6.42 Å². The number of carboxylic acids is 1. The molecular formula is C4H9N3O4. The molecule has 0 aromatic heterocycles. The van der Waals surface area contributed by atoms with Crippen molar-refractivity contribution < 1.29 is 20.0 Å². The molecule has 7 heteroatoms. The second-order valence-corrected chi connectivity index (χ2v) is 1.90. The summed E-state index contributed by atoms with van der Waals surface area (Å²) in [5.41, 5.74) is 5.03. The fourth-order valence-corrected chi connectivity index (χ4v) is 0.418. The number of nitrogens with two attached hydrogens (primary N) is 1. The van der Waals surface area contributed by atoms with E-state index in [9.17, 15) is 10.0 Å². The minimum absolute atomic E-state index is 0.0389. The largest absolute Gasteiger partial charge is 0.597 e. The third-order valence-electron chi connectivity index (χ3n) is 1.05. The van der Waals surface area contributed by atoms with Gasteiger partial charge >= 0.3 is 5.97 Å². The number of rotatable bonds is 4. The van der Waals surface area contributed by atoms with Crippen molar-refractivity contribution in [3.8, 4) is 0 Å². The molecule has 0 rings (SSSR count). The smallest absolute Gasteiger partial charge is 0.320 e. The summed E-state index contributed by atoms with van der Waals surface area (Å²) in [7, 11) is 0. The summed E-state index contributed by atoms with van der Waals surface area (Å²) in [6, 6.07) is -1.09. The van der Waals surface area contributed by atoms with Crippen molar-refractivity contribution in [3.63, 3.8) is 0 Å². The highest BCUT2D eigenvalue weighted by Gasteiger charge is 2.13. The van der Waals surface area contributed by atoms with Gasteiger partial charge in [-0.05, 0) is 0 Å². The van der Waals surface area contributed by atoms with Gasteiger partial charge in [0.2, 0.25) is 0 Å². The lowest BCUT2D eigenvalue weighted by molar-refractivity contribution is -0.556. The van der Waals surface area contributed by atoms with Gasteiger partial charge in [-0.1, -0.05) is 4.86 Å². The number of carboxylic acid groups (broad SMARTS) is 1. The molecule has 0 amide bonds. The van der Waals surface area contributed by atoms with E-state index in [1.165, 1.54) is 0 Å². The number of carbonyl (C=O) groups is 1. The Labute approximate surface area is 62.3 Å². The summed E-state index contributed by atoms with van der Waals surface area (Å²) in [6.45, 7) is -0.232. The van der Waals surface area contributed by atoms with E-state index >= 15 is 0 Å². The fourth-order valence-electron chi connectivity index (χ4n) is 0.418. The quantitative estimate of drug-likeness (QED) is 0.283. The Morgan fingerprint density at radius 3 is 2.73 bits per heavy atom. The van der Waals surface area contributed by atoms with E-state index in [1.54, 1.807) is 0 Å². The van der Waals surface area contributed by atoms with E-state index in [1.807, 2.05) is 0 Å². The molecule has 0 radical (unpaired) electrons. The Hall–Kier alpha value is -1.37. The molecule has 0 aliphatic carbocycles. The van der Waals surface area contributed by atoms with Crippen LogP contribution in [0.2, 0.25) is 0 Å². The zero-order chi connectivity index (χ0) is 8.85. The molecule has 0 unspecified atom stereocenters. The molecule has 0 bridgehead atoms. The molecule has 0 fully saturated rings. The number of hydrogen-bond acceptors (Lipinski definition) is 4. The monoisotopic (exact) mass is 163 g/mol. The fraction of sp³-hybridized carbons (Fsp3) is 0.750. The van der Waals surface area contributed by atoms with Gasteiger partial charge in [0.25, 0.3) is 0 Å². The van der Waals surface area contributed by atoms with Crippen molar-refractivity contribution >= 4 is 5.97 Å². The average Bonchev–Trinajstić information content (AvgIpc) is 1.99. The van der Waals surface area contributed by atoms with Crippen molar-refractivity contribution in [1.29, 1.82) is 0 Å². The third-order valence-corrected chi connectivity index (χ3v) is 1.05. The van der Waals surface area contributed by atoms with Gasteiger partial charge < -0.3 is 21.3 Å². The van der Waals surface area contributed by atoms with E-state index in [4.69, 9.17) is 16.0 Å². The zero-order valence-electron chi connectivity index (χ0n) is 5.67. The van der Waals surface area contributed by atoms with E-state index in [-0.39, 0.29) is 17.8 Å². The van der Waals surface area contributed by atoms with Crippen molar-refractivity contribution in [2.24, 2.45) is 11.0 Å². The summed E-state index contributed by atoms with van der Waals surface area (Å²) >= 11 is 0. The van der Waals surface area contributed by atoms with Crippen LogP contribution in [-0.2, 0) is 4.79 Å². The topological polar surface area (TPSA) is 122 Å². The first-order valence-electron chi connectivity index (χ1n) is 2.86. The summed E-state index contributed by atoms with van der Waals surface area (Å²) < 4.78 is 0. The van der Waals surface area contributed by atoms with Crippen LogP contribution in [0.4, 0.5) is 0 Å². The summed E-state index contributed by atoms with van der Waals surface area (Å²) in [5, 5.41) is 28.5. The summed E-state index contributed by atoms with van der Waals surface area (Å²) in [5.74, 6) is -1.18. The summed E-state index contributed by atoms with van der Waals surface area (Å²) in [4.78, 5) is 10.0. The minimum Gasteiger partial charge on any atom is -0.597 e. The van der Waals surface area contributed by atoms with Gasteiger partial charge in [-0.2, -0.15) is 0 Å². The minimum atomic E-state index is -1.18. The Bertz CT molecular complexity index is 169. The van der Waals surface area contributed by atoms with E-state index < -0.39 is 12.0 Å². The lowest BCUT2D eigenvalue weighted by Crippen LogP contribution is -2.32. The van der Waals surface area contributed by atoms with Gasteiger partial charge in [0, 0.05) is 6.42 Å². The SMILES string of the molecule is N[C@H](CC[N+]([O-])=NO)C(=O)O. The van der Waals surface area contributed by atoms with Crippen LogP contribution in [0.25, 0.3) is 0 Å². The van der Waals surface area contributed by atoms with Crippen LogP contribution < -0.4 is 5.73 Å². The number of hydroxylamine groups is 1. The van der Waals surface area contributed by atoms with Crippen LogP contribution in [0.15, 0.2) is 5.28 Å². The van der Waals surface area contributed by atoms with Crippen LogP contribution in [-0.4, -0.2) is 33.7 Å². The zero-order valence-corrected chi connectivity index (χ0v) is 5.67. The Morgan fingerprint density at radius 2 is 2.36 bits per heavy atom. The molecule has 0 aromatic carbocycles. The molecule has 7 nitrogen and oxygen atoms in total. The van der Waals surface area contributed by atoms with Crippen LogP contribution >= 0.6 is 0 Å². The average molecular weight is 163 g/mol. The Kier molecular flexibility index (Phi) is 3.89. The molecule has 0 aliphatic heterocycles. The first-order chi connectivity index (χ1) is 5.07. The molecule has 64 valence electrons. The van der Waals surface area contributed by atoms with E-state index in [2.05, 4.69) is 5.28 Å². The van der Waals surface area contributed by atoms with Gasteiger partial charge in [0.1, 0.15) is 6.04 Å². The maximum absolute atomic E-state index is 10.2. The molecule has 0 saturated heterocycles. The molecule has 1 atom stereocenters. The molecule has 0 saturated carbocycles. The molecule has 11 heavy (non-hydrogen) atoms. The highest BCUT2D eigenvalue weighted by Crippen LogP contribution is 1.88. The van der Waals surface area contributed by atoms with Crippen LogP contribution in [0.5, 0.6) is 0 Å². The van der Waals surface area contributed by atoms with Gasteiger partial charge in [-0.15, -0.1) is 0 Å². The maximum atomic E-state index is 10.2. The maximum Gasteiger partial charge on any atom is 0.320 e. The molecular weight excluding hydrogens is 154 g/mol. The first-order valence-corrected chi connectivity index (χ1v) is 2.86. The van der Waals surface area contributed by atoms with Crippen molar-refractivity contribution in [1.82, 2.24) is 0 Å². The normalized spacial score (nSPS) is 14.5. The van der Waals surface area contributed by atoms with Crippen LogP contribution in [0, 0.1) is 5.21 Å². The lowest BCUT2D eigenvalue weighted by atomic mass is 10.2. The Balaban J connectivity index is 3.62. The predicted octanol–water partition coefficient (Wildman–Crippen LogP) is -0.860. The second kappa shape index (κ2) is 4.45. The van der Waals surface area contributed by atoms with Crippen molar-refractivity contribution in [3.05, 3.63) is 5.21 Å². The molecule has 0 aromatic rings. The van der Waals surface area contributed by atoms with Crippen LogP contribution in [0.3, 0.4) is 0 Å². The first kappa shape index (κ1) is 9.63. The molecule has 4 N–H and O–H groups in total. The molecule has 0 heterocycles. The van der Waals surface area contributed by atoms with Crippen molar-refractivity contribution in [2.75, 3.05) is 6.54 Å². The number of nitrogens with zero attached hydrogens (tertiary/aromatic N) is 2. The van der Waals surface area contributed by atoms with Gasteiger partial charge in [-0.3, -0.25) is 4.79 Å². The Morgan fingerprint density at radius 1 is 1.82 bits per heavy atom.